The molecule has 6 nitrogen and oxygen atoms in total. The number of halogens is 3. The van der Waals surface area contributed by atoms with Gasteiger partial charge in [0.2, 0.25) is 0 Å². The Balaban J connectivity index is 2.58. The molecule has 0 spiro atoms. The number of hydrogen-bond acceptors (Lipinski definition) is 3. The van der Waals surface area contributed by atoms with Gasteiger partial charge in [0.05, 0.1) is 17.4 Å². The second-order valence-corrected chi connectivity index (χ2v) is 5.16. The highest BCUT2D eigenvalue weighted by Gasteiger charge is 2.41. The van der Waals surface area contributed by atoms with Crippen molar-refractivity contribution in [2.24, 2.45) is 0 Å². The predicted octanol–water partition coefficient (Wildman–Crippen LogP) is 2.36. The van der Waals surface area contributed by atoms with Crippen LogP contribution in [0.15, 0.2) is 30.5 Å². The molecule has 2 rings (SSSR count). The number of rotatable bonds is 4. The number of carbonyl (C=O) groups excluding carboxylic acids is 1. The minimum atomic E-state index is -4.84. The number of aryl methyl sites for hydroxylation is 1. The van der Waals surface area contributed by atoms with E-state index in [9.17, 15) is 22.8 Å². The average molecular weight is 341 g/mol. The summed E-state index contributed by atoms with van der Waals surface area (Å²) in [5.41, 5.74) is -1.21. The fraction of sp³-hybridized carbons (Fsp3) is 0.267. The maximum Gasteiger partial charge on any atom is 0.434 e. The summed E-state index contributed by atoms with van der Waals surface area (Å²) in [6, 6.07) is 6.30. The summed E-state index contributed by atoms with van der Waals surface area (Å²) in [4.78, 5) is 23.5. The average Bonchev–Trinajstić information content (AvgIpc) is 2.90. The van der Waals surface area contributed by atoms with E-state index in [4.69, 9.17) is 5.11 Å². The zero-order valence-corrected chi connectivity index (χ0v) is 12.8. The van der Waals surface area contributed by atoms with E-state index in [0.29, 0.717) is 15.1 Å². The Morgan fingerprint density at radius 1 is 1.29 bits per heavy atom. The first-order valence-corrected chi connectivity index (χ1v) is 6.81. The van der Waals surface area contributed by atoms with Crippen LogP contribution >= 0.6 is 0 Å². The zero-order chi connectivity index (χ0) is 18.1. The fourth-order valence-electron chi connectivity index (χ4n) is 2.24. The zero-order valence-electron chi connectivity index (χ0n) is 12.8. The first-order valence-electron chi connectivity index (χ1n) is 6.81. The number of carboxylic acid groups (broad SMARTS) is 1. The Bertz CT molecular complexity index is 784. The minimum absolute atomic E-state index is 0.185. The molecule has 9 heteroatoms. The van der Waals surface area contributed by atoms with E-state index < -0.39 is 35.9 Å². The first kappa shape index (κ1) is 17.5. The predicted molar refractivity (Wildman–Crippen MR) is 77.9 cm³/mol. The van der Waals surface area contributed by atoms with Gasteiger partial charge in [-0.15, -0.1) is 0 Å². The second kappa shape index (κ2) is 6.34. The number of carbonyl (C=O) groups is 2. The molecular formula is C15H14F3N3O3. The summed E-state index contributed by atoms with van der Waals surface area (Å²) in [6.07, 6.45) is -4.04. The van der Waals surface area contributed by atoms with Gasteiger partial charge in [0.15, 0.2) is 5.69 Å². The van der Waals surface area contributed by atoms with Crippen LogP contribution in [-0.2, 0) is 11.0 Å². The molecule has 0 atom stereocenters. The van der Waals surface area contributed by atoms with E-state index in [2.05, 4.69) is 5.10 Å². The Hall–Kier alpha value is -2.84. The van der Waals surface area contributed by atoms with Crippen LogP contribution in [0.5, 0.6) is 0 Å². The summed E-state index contributed by atoms with van der Waals surface area (Å²) in [7, 11) is 1.11. The van der Waals surface area contributed by atoms with E-state index in [0.717, 1.165) is 13.2 Å². The van der Waals surface area contributed by atoms with Crippen molar-refractivity contribution >= 4 is 11.9 Å². The molecule has 0 unspecified atom stereocenters. The van der Waals surface area contributed by atoms with Gasteiger partial charge in [-0.3, -0.25) is 9.59 Å². The molecule has 0 saturated carbocycles. The smallest absolute Gasteiger partial charge is 0.434 e. The Labute approximate surface area is 135 Å². The molecule has 1 N–H and O–H groups in total. The third kappa shape index (κ3) is 3.39. The number of amides is 1. The number of aliphatic carboxylic acids is 1. The maximum absolute atomic E-state index is 13.5. The van der Waals surface area contributed by atoms with Gasteiger partial charge < -0.3 is 10.0 Å². The highest BCUT2D eigenvalue weighted by Crippen LogP contribution is 2.34. The first-order chi connectivity index (χ1) is 11.1. The van der Waals surface area contributed by atoms with Crippen LogP contribution in [-0.4, -0.2) is 45.3 Å². The standard InChI is InChI=1S/C15H14F3N3O3/c1-9-5-3-4-6-11(9)21-13(15(16,17)18)10(7-19-21)14(24)20(2)8-12(22)23/h3-7H,8H2,1-2H3,(H,22,23). The van der Waals surface area contributed by atoms with Gasteiger partial charge in [-0.1, -0.05) is 18.2 Å². The van der Waals surface area contributed by atoms with Crippen LogP contribution in [0.25, 0.3) is 5.69 Å². The van der Waals surface area contributed by atoms with E-state index >= 15 is 0 Å². The van der Waals surface area contributed by atoms with Crippen molar-refractivity contribution in [1.82, 2.24) is 14.7 Å². The molecule has 1 aromatic carbocycles. The number of aromatic nitrogens is 2. The lowest BCUT2D eigenvalue weighted by Crippen LogP contribution is -2.33. The minimum Gasteiger partial charge on any atom is -0.480 e. The number of carboxylic acids is 1. The Morgan fingerprint density at radius 3 is 2.46 bits per heavy atom. The van der Waals surface area contributed by atoms with Gasteiger partial charge in [0.1, 0.15) is 6.54 Å². The molecule has 1 heterocycles. The van der Waals surface area contributed by atoms with Gasteiger partial charge in [-0.2, -0.15) is 18.3 Å². The molecule has 0 bridgehead atoms. The third-order valence-electron chi connectivity index (χ3n) is 3.33. The Kier molecular flexibility index (Phi) is 4.63. The van der Waals surface area contributed by atoms with Crippen molar-refractivity contribution in [3.05, 3.63) is 47.3 Å². The highest BCUT2D eigenvalue weighted by molar-refractivity contribution is 5.96. The summed E-state index contributed by atoms with van der Waals surface area (Å²) in [6.45, 7) is 0.904. The van der Waals surface area contributed by atoms with Crippen LogP contribution in [0.3, 0.4) is 0 Å². The topological polar surface area (TPSA) is 75.4 Å². The van der Waals surface area contributed by atoms with Crippen LogP contribution in [0.4, 0.5) is 13.2 Å². The fourth-order valence-corrected chi connectivity index (χ4v) is 2.24. The van der Waals surface area contributed by atoms with E-state index in [1.54, 1.807) is 25.1 Å². The quantitative estimate of drug-likeness (QED) is 0.926. The Morgan fingerprint density at radius 2 is 1.92 bits per heavy atom. The van der Waals surface area contributed by atoms with Crippen molar-refractivity contribution in [2.75, 3.05) is 13.6 Å². The summed E-state index contributed by atoms with van der Waals surface area (Å²) in [5, 5.41) is 12.4. The maximum atomic E-state index is 13.5. The summed E-state index contributed by atoms with van der Waals surface area (Å²) >= 11 is 0. The van der Waals surface area contributed by atoms with Crippen LogP contribution in [0.2, 0.25) is 0 Å². The molecule has 0 aliphatic heterocycles. The largest absolute Gasteiger partial charge is 0.480 e. The molecule has 0 aliphatic rings. The molecular weight excluding hydrogens is 327 g/mol. The lowest BCUT2D eigenvalue weighted by Gasteiger charge is -2.17. The number of benzene rings is 1. The summed E-state index contributed by atoms with van der Waals surface area (Å²) < 4.78 is 41.1. The normalized spacial score (nSPS) is 11.4. The lowest BCUT2D eigenvalue weighted by molar-refractivity contribution is -0.143. The van der Waals surface area contributed by atoms with Crippen LogP contribution in [0.1, 0.15) is 21.6 Å². The monoisotopic (exact) mass is 341 g/mol. The number of alkyl halides is 3. The van der Waals surface area contributed by atoms with Crippen molar-refractivity contribution in [3.8, 4) is 5.69 Å². The molecule has 24 heavy (non-hydrogen) atoms. The number of hydrogen-bond donors (Lipinski definition) is 1. The molecule has 128 valence electrons. The van der Waals surface area contributed by atoms with Crippen molar-refractivity contribution in [2.45, 2.75) is 13.1 Å². The van der Waals surface area contributed by atoms with Gasteiger partial charge in [0, 0.05) is 7.05 Å². The summed E-state index contributed by atoms with van der Waals surface area (Å²) in [5.74, 6) is -2.39. The lowest BCUT2D eigenvalue weighted by atomic mass is 10.1. The molecule has 1 aromatic heterocycles. The van der Waals surface area contributed by atoms with Gasteiger partial charge in [0.25, 0.3) is 5.91 Å². The number of likely N-dealkylation sites (N-methyl/N-ethyl adjacent to an activating group) is 1. The van der Waals surface area contributed by atoms with Crippen molar-refractivity contribution < 1.29 is 27.9 Å². The number of nitrogens with zero attached hydrogens (tertiary/aromatic N) is 3. The van der Waals surface area contributed by atoms with Gasteiger partial charge >= 0.3 is 12.1 Å². The van der Waals surface area contributed by atoms with Crippen LogP contribution in [0, 0.1) is 6.92 Å². The van der Waals surface area contributed by atoms with Gasteiger partial charge in [-0.05, 0) is 18.6 Å². The molecule has 0 saturated heterocycles. The number of para-hydroxylation sites is 1. The molecule has 1 amide bonds. The van der Waals surface area contributed by atoms with E-state index in [-0.39, 0.29) is 5.69 Å². The van der Waals surface area contributed by atoms with E-state index in [1.807, 2.05) is 0 Å². The molecule has 0 fully saturated rings. The van der Waals surface area contributed by atoms with Gasteiger partial charge in [-0.25, -0.2) is 4.68 Å². The van der Waals surface area contributed by atoms with Crippen LogP contribution < -0.4 is 0 Å². The molecule has 0 aliphatic carbocycles. The third-order valence-corrected chi connectivity index (χ3v) is 3.33. The SMILES string of the molecule is Cc1ccccc1-n1ncc(C(=O)N(C)CC(=O)O)c1C(F)(F)F. The van der Waals surface area contributed by atoms with Crippen molar-refractivity contribution in [3.63, 3.8) is 0 Å². The highest BCUT2D eigenvalue weighted by atomic mass is 19.4. The molecule has 0 radical (unpaired) electrons. The second-order valence-electron chi connectivity index (χ2n) is 5.16. The van der Waals surface area contributed by atoms with Crippen molar-refractivity contribution in [1.29, 1.82) is 0 Å². The van der Waals surface area contributed by atoms with E-state index in [1.165, 1.54) is 6.07 Å². The molecule has 2 aromatic rings.